The molecule has 0 amide bonds. The number of benzene rings is 2. The molecular weight excluding hydrogens is 288 g/mol. The van der Waals surface area contributed by atoms with E-state index in [4.69, 9.17) is 0 Å². The van der Waals surface area contributed by atoms with Crippen LogP contribution in [0.25, 0.3) is 10.8 Å². The highest BCUT2D eigenvalue weighted by atomic mass is 14.0. The fraction of sp³-hybridized carbons (Fsp3) is 0.500. The minimum atomic E-state index is 1.15. The van der Waals surface area contributed by atoms with Crippen molar-refractivity contribution >= 4 is 10.8 Å². The summed E-state index contributed by atoms with van der Waals surface area (Å²) in [5.41, 5.74) is 1.45. The molecule has 0 saturated heterocycles. The van der Waals surface area contributed by atoms with Crippen molar-refractivity contribution in [1.29, 1.82) is 0 Å². The van der Waals surface area contributed by atoms with Crippen molar-refractivity contribution in [3.8, 4) is 0 Å². The SMILES string of the molecule is CCCCCCCCCC/C=C/CCc1ccc2ccccc2c1. The van der Waals surface area contributed by atoms with Crippen molar-refractivity contribution in [3.05, 3.63) is 60.2 Å². The van der Waals surface area contributed by atoms with Crippen molar-refractivity contribution in [2.45, 2.75) is 77.6 Å². The minimum Gasteiger partial charge on any atom is -0.0885 e. The zero-order valence-corrected chi connectivity index (χ0v) is 15.5. The van der Waals surface area contributed by atoms with Crippen molar-refractivity contribution in [2.75, 3.05) is 0 Å². The summed E-state index contributed by atoms with van der Waals surface area (Å²) in [6.07, 6.45) is 19.6. The molecular formula is C24H34. The van der Waals surface area contributed by atoms with Gasteiger partial charge in [0, 0.05) is 0 Å². The molecule has 0 radical (unpaired) electrons. The van der Waals surface area contributed by atoms with Gasteiger partial charge in [0.1, 0.15) is 0 Å². The highest BCUT2D eigenvalue weighted by molar-refractivity contribution is 5.82. The Morgan fingerprint density at radius 2 is 1.33 bits per heavy atom. The second-order valence-electron chi connectivity index (χ2n) is 6.96. The summed E-state index contributed by atoms with van der Waals surface area (Å²) in [5, 5.41) is 2.70. The van der Waals surface area contributed by atoms with Crippen LogP contribution in [0.1, 0.15) is 76.7 Å². The fourth-order valence-corrected chi connectivity index (χ4v) is 3.28. The average Bonchev–Trinajstić information content (AvgIpc) is 2.62. The molecule has 0 unspecified atom stereocenters. The van der Waals surface area contributed by atoms with E-state index in [1.165, 1.54) is 74.1 Å². The Morgan fingerprint density at radius 3 is 2.12 bits per heavy atom. The molecule has 0 nitrogen and oxygen atoms in total. The van der Waals surface area contributed by atoms with Gasteiger partial charge in [-0.1, -0.05) is 106 Å². The average molecular weight is 323 g/mol. The summed E-state index contributed by atoms with van der Waals surface area (Å²) < 4.78 is 0. The maximum absolute atomic E-state index is 2.39. The monoisotopic (exact) mass is 322 g/mol. The largest absolute Gasteiger partial charge is 0.0885 e. The van der Waals surface area contributed by atoms with Crippen LogP contribution in [0.2, 0.25) is 0 Å². The number of unbranched alkanes of at least 4 members (excludes halogenated alkanes) is 8. The Hall–Kier alpha value is -1.56. The van der Waals surface area contributed by atoms with Crippen molar-refractivity contribution in [2.24, 2.45) is 0 Å². The summed E-state index contributed by atoms with van der Waals surface area (Å²) >= 11 is 0. The quantitative estimate of drug-likeness (QED) is 0.275. The molecule has 0 bridgehead atoms. The number of hydrogen-bond donors (Lipinski definition) is 0. The van der Waals surface area contributed by atoms with Crippen LogP contribution < -0.4 is 0 Å². The molecule has 0 aliphatic rings. The van der Waals surface area contributed by atoms with E-state index >= 15 is 0 Å². The summed E-state index contributed by atoms with van der Waals surface area (Å²) in [7, 11) is 0. The predicted molar refractivity (Wildman–Crippen MR) is 109 cm³/mol. The van der Waals surface area contributed by atoms with Crippen LogP contribution in [-0.4, -0.2) is 0 Å². The Bertz CT molecular complexity index is 594. The third-order valence-corrected chi connectivity index (χ3v) is 4.80. The fourth-order valence-electron chi connectivity index (χ4n) is 3.28. The summed E-state index contributed by atoms with van der Waals surface area (Å²) in [6.45, 7) is 2.28. The van der Waals surface area contributed by atoms with Crippen LogP contribution in [0.5, 0.6) is 0 Å². The third-order valence-electron chi connectivity index (χ3n) is 4.80. The zero-order valence-electron chi connectivity index (χ0n) is 15.5. The zero-order chi connectivity index (χ0) is 16.9. The molecule has 2 aromatic carbocycles. The van der Waals surface area contributed by atoms with E-state index in [9.17, 15) is 0 Å². The lowest BCUT2D eigenvalue weighted by molar-refractivity contribution is 0.577. The Kier molecular flexibility index (Phi) is 9.31. The maximum atomic E-state index is 2.39. The second-order valence-corrected chi connectivity index (χ2v) is 6.96. The molecule has 0 fully saturated rings. The number of hydrogen-bond acceptors (Lipinski definition) is 0. The van der Waals surface area contributed by atoms with E-state index in [2.05, 4.69) is 61.5 Å². The highest BCUT2D eigenvalue weighted by Crippen LogP contribution is 2.17. The molecule has 0 heteroatoms. The maximum Gasteiger partial charge on any atom is -0.0181 e. The molecule has 2 aromatic rings. The van der Waals surface area contributed by atoms with Gasteiger partial charge in [0.15, 0.2) is 0 Å². The van der Waals surface area contributed by atoms with Crippen LogP contribution >= 0.6 is 0 Å². The molecule has 0 aromatic heterocycles. The van der Waals surface area contributed by atoms with Gasteiger partial charge >= 0.3 is 0 Å². The van der Waals surface area contributed by atoms with Gasteiger partial charge in [-0.25, -0.2) is 0 Å². The van der Waals surface area contributed by atoms with Gasteiger partial charge in [-0.05, 0) is 42.0 Å². The van der Waals surface area contributed by atoms with E-state index < -0.39 is 0 Å². The van der Waals surface area contributed by atoms with Crippen LogP contribution in [0.15, 0.2) is 54.6 Å². The predicted octanol–water partition coefficient (Wildman–Crippen LogP) is 7.86. The lowest BCUT2D eigenvalue weighted by Crippen LogP contribution is -1.84. The standard InChI is InChI=1S/C24H34/c1-2-3-4-5-6-7-8-9-10-11-12-13-16-22-19-20-23-17-14-15-18-24(23)21-22/h11-12,14-15,17-21H,2-10,13,16H2,1H3/b12-11+. The van der Waals surface area contributed by atoms with Gasteiger partial charge in [-0.15, -0.1) is 0 Å². The number of fused-ring (bicyclic) bond motifs is 1. The minimum absolute atomic E-state index is 1.15. The third kappa shape index (κ3) is 7.34. The molecule has 0 saturated carbocycles. The van der Waals surface area contributed by atoms with E-state index in [0.717, 1.165) is 12.8 Å². The van der Waals surface area contributed by atoms with Crippen molar-refractivity contribution in [3.63, 3.8) is 0 Å². The summed E-state index contributed by atoms with van der Waals surface area (Å²) in [6, 6.07) is 15.5. The van der Waals surface area contributed by atoms with Gasteiger partial charge in [0.2, 0.25) is 0 Å². The van der Waals surface area contributed by atoms with Crippen LogP contribution in [-0.2, 0) is 6.42 Å². The normalized spacial score (nSPS) is 11.5. The van der Waals surface area contributed by atoms with Crippen LogP contribution in [0.3, 0.4) is 0 Å². The van der Waals surface area contributed by atoms with Gasteiger partial charge in [0.05, 0.1) is 0 Å². The lowest BCUT2D eigenvalue weighted by atomic mass is 10.0. The smallest absolute Gasteiger partial charge is 0.0181 e. The molecule has 0 N–H and O–H groups in total. The first kappa shape index (κ1) is 18.8. The van der Waals surface area contributed by atoms with Gasteiger partial charge < -0.3 is 0 Å². The van der Waals surface area contributed by atoms with E-state index in [1.54, 1.807) is 0 Å². The molecule has 0 aliphatic heterocycles. The second kappa shape index (κ2) is 11.9. The topological polar surface area (TPSA) is 0 Å². The Balaban J connectivity index is 1.53. The number of allylic oxidation sites excluding steroid dienone is 2. The van der Waals surface area contributed by atoms with E-state index in [-0.39, 0.29) is 0 Å². The van der Waals surface area contributed by atoms with Gasteiger partial charge in [-0.2, -0.15) is 0 Å². The molecule has 0 heterocycles. The lowest BCUT2D eigenvalue weighted by Gasteiger charge is -2.02. The molecule has 0 aliphatic carbocycles. The van der Waals surface area contributed by atoms with Crippen LogP contribution in [0.4, 0.5) is 0 Å². The first-order chi connectivity index (χ1) is 11.9. The summed E-state index contributed by atoms with van der Waals surface area (Å²) in [5.74, 6) is 0. The van der Waals surface area contributed by atoms with Gasteiger partial charge in [-0.3, -0.25) is 0 Å². The van der Waals surface area contributed by atoms with E-state index in [0.29, 0.717) is 0 Å². The Morgan fingerprint density at radius 1 is 0.667 bits per heavy atom. The Labute approximate surface area is 149 Å². The first-order valence-electron chi connectivity index (χ1n) is 10.0. The van der Waals surface area contributed by atoms with Gasteiger partial charge in [0.25, 0.3) is 0 Å². The van der Waals surface area contributed by atoms with E-state index in [1.807, 2.05) is 0 Å². The number of aryl methyl sites for hydroxylation is 1. The molecule has 130 valence electrons. The number of rotatable bonds is 12. The highest BCUT2D eigenvalue weighted by Gasteiger charge is 1.95. The summed E-state index contributed by atoms with van der Waals surface area (Å²) in [4.78, 5) is 0. The van der Waals surface area contributed by atoms with Crippen LogP contribution in [0, 0.1) is 0 Å². The molecule has 0 spiro atoms. The van der Waals surface area contributed by atoms with Crippen molar-refractivity contribution < 1.29 is 0 Å². The van der Waals surface area contributed by atoms with Crippen molar-refractivity contribution in [1.82, 2.24) is 0 Å². The molecule has 2 rings (SSSR count). The molecule has 0 atom stereocenters. The molecule has 24 heavy (non-hydrogen) atoms. The first-order valence-corrected chi connectivity index (χ1v) is 10.0.